The molecule has 0 saturated heterocycles. The van der Waals surface area contributed by atoms with Gasteiger partial charge in [0.2, 0.25) is 5.95 Å². The van der Waals surface area contributed by atoms with Gasteiger partial charge in [-0.25, -0.2) is 9.97 Å². The minimum Gasteiger partial charge on any atom is -0.388 e. The van der Waals surface area contributed by atoms with Crippen molar-refractivity contribution < 1.29 is 18.3 Å². The third kappa shape index (κ3) is 5.42. The maximum absolute atomic E-state index is 12.4. The van der Waals surface area contributed by atoms with Crippen molar-refractivity contribution in [1.29, 1.82) is 0 Å². The molecule has 0 radical (unpaired) electrons. The normalized spacial score (nSPS) is 15.4. The molecule has 2 N–H and O–H groups in total. The van der Waals surface area contributed by atoms with Crippen LogP contribution >= 0.6 is 0 Å². The van der Waals surface area contributed by atoms with Crippen LogP contribution in [0.4, 0.5) is 19.1 Å². The van der Waals surface area contributed by atoms with Crippen molar-refractivity contribution in [3.05, 3.63) is 18.0 Å². The summed E-state index contributed by atoms with van der Waals surface area (Å²) in [5.74, 6) is 0.137. The number of nitrogens with one attached hydrogen (secondary N) is 1. The van der Waals surface area contributed by atoms with Crippen LogP contribution in [-0.2, 0) is 6.18 Å². The Labute approximate surface area is 110 Å². The molecular weight excluding hydrogens is 259 g/mol. The maximum Gasteiger partial charge on any atom is 0.433 e. The summed E-state index contributed by atoms with van der Waals surface area (Å²) >= 11 is 0. The van der Waals surface area contributed by atoms with Crippen LogP contribution in [0.5, 0.6) is 0 Å². The fourth-order valence-corrected chi connectivity index (χ4v) is 1.82. The number of anilines is 1. The van der Waals surface area contributed by atoms with Crippen LogP contribution in [0.25, 0.3) is 0 Å². The number of aliphatic hydroxyl groups is 1. The smallest absolute Gasteiger partial charge is 0.388 e. The third-order valence-electron chi connectivity index (χ3n) is 2.42. The number of alkyl halides is 3. The van der Waals surface area contributed by atoms with Gasteiger partial charge < -0.3 is 10.4 Å². The SMILES string of the molecule is CC(C)CC(C)(O)CNc1nccc(C(F)(F)F)n1. The van der Waals surface area contributed by atoms with Crippen molar-refractivity contribution in [2.24, 2.45) is 5.92 Å². The van der Waals surface area contributed by atoms with Crippen LogP contribution in [-0.4, -0.2) is 27.2 Å². The van der Waals surface area contributed by atoms with Gasteiger partial charge >= 0.3 is 6.18 Å². The Kier molecular flexibility index (Phi) is 4.73. The molecule has 0 amide bonds. The third-order valence-corrected chi connectivity index (χ3v) is 2.42. The molecular formula is C12H18F3N3O. The second-order valence-corrected chi connectivity index (χ2v) is 5.21. The Morgan fingerprint density at radius 2 is 2.00 bits per heavy atom. The molecule has 0 aliphatic rings. The number of hydrogen-bond donors (Lipinski definition) is 2. The molecule has 1 rings (SSSR count). The number of nitrogens with zero attached hydrogens (tertiary/aromatic N) is 2. The second-order valence-electron chi connectivity index (χ2n) is 5.21. The fourth-order valence-electron chi connectivity index (χ4n) is 1.82. The van der Waals surface area contributed by atoms with Gasteiger partial charge in [0.1, 0.15) is 5.69 Å². The zero-order chi connectivity index (χ0) is 14.7. The topological polar surface area (TPSA) is 58.0 Å². The molecule has 0 aliphatic carbocycles. The first-order valence-corrected chi connectivity index (χ1v) is 5.97. The highest BCUT2D eigenvalue weighted by Crippen LogP contribution is 2.27. The first kappa shape index (κ1) is 15.7. The lowest BCUT2D eigenvalue weighted by molar-refractivity contribution is -0.141. The number of halogens is 3. The summed E-state index contributed by atoms with van der Waals surface area (Å²) in [5.41, 5.74) is -2.03. The molecule has 1 aromatic rings. The van der Waals surface area contributed by atoms with E-state index in [1.54, 1.807) is 6.92 Å². The van der Waals surface area contributed by atoms with E-state index in [2.05, 4.69) is 15.3 Å². The molecule has 0 aliphatic heterocycles. The summed E-state index contributed by atoms with van der Waals surface area (Å²) in [6.45, 7) is 5.62. The minimum atomic E-state index is -4.50. The molecule has 0 spiro atoms. The molecule has 7 heteroatoms. The Morgan fingerprint density at radius 3 is 2.53 bits per heavy atom. The molecule has 1 aromatic heterocycles. The Balaban J connectivity index is 2.68. The van der Waals surface area contributed by atoms with Gasteiger partial charge in [0.05, 0.1) is 5.60 Å². The molecule has 4 nitrogen and oxygen atoms in total. The Hall–Kier alpha value is -1.37. The van der Waals surface area contributed by atoms with E-state index in [-0.39, 0.29) is 18.4 Å². The minimum absolute atomic E-state index is 0.0898. The van der Waals surface area contributed by atoms with Gasteiger partial charge in [-0.3, -0.25) is 0 Å². The van der Waals surface area contributed by atoms with Crippen molar-refractivity contribution in [3.63, 3.8) is 0 Å². The average Bonchev–Trinajstić information content (AvgIpc) is 2.24. The summed E-state index contributed by atoms with van der Waals surface area (Å²) < 4.78 is 37.3. The molecule has 108 valence electrons. The maximum atomic E-state index is 12.4. The second kappa shape index (κ2) is 5.73. The van der Waals surface area contributed by atoms with Crippen LogP contribution in [0.15, 0.2) is 12.3 Å². The molecule has 1 unspecified atom stereocenters. The van der Waals surface area contributed by atoms with Crippen LogP contribution in [0, 0.1) is 5.92 Å². The van der Waals surface area contributed by atoms with E-state index in [9.17, 15) is 18.3 Å². The summed E-state index contributed by atoms with van der Waals surface area (Å²) in [4.78, 5) is 7.07. The fraction of sp³-hybridized carbons (Fsp3) is 0.667. The molecule has 0 bridgehead atoms. The number of aromatic nitrogens is 2. The summed E-state index contributed by atoms with van der Waals surface area (Å²) in [6, 6.07) is 0.803. The van der Waals surface area contributed by atoms with E-state index < -0.39 is 17.5 Å². The van der Waals surface area contributed by atoms with Crippen molar-refractivity contribution in [1.82, 2.24) is 9.97 Å². The van der Waals surface area contributed by atoms with Crippen LogP contribution < -0.4 is 5.32 Å². The molecule has 0 saturated carbocycles. The van der Waals surface area contributed by atoms with E-state index >= 15 is 0 Å². The molecule has 19 heavy (non-hydrogen) atoms. The van der Waals surface area contributed by atoms with E-state index in [0.29, 0.717) is 6.42 Å². The molecule has 1 atom stereocenters. The molecule has 1 heterocycles. The van der Waals surface area contributed by atoms with Crippen molar-refractivity contribution in [3.8, 4) is 0 Å². The van der Waals surface area contributed by atoms with Crippen molar-refractivity contribution in [2.45, 2.75) is 39.0 Å². The largest absolute Gasteiger partial charge is 0.433 e. The summed E-state index contributed by atoms with van der Waals surface area (Å²) in [6.07, 6.45) is -2.94. The highest BCUT2D eigenvalue weighted by atomic mass is 19.4. The highest BCUT2D eigenvalue weighted by molar-refractivity contribution is 5.26. The zero-order valence-corrected chi connectivity index (χ0v) is 11.1. The van der Waals surface area contributed by atoms with E-state index in [4.69, 9.17) is 0 Å². The van der Waals surface area contributed by atoms with Crippen LogP contribution in [0.1, 0.15) is 32.9 Å². The lowest BCUT2D eigenvalue weighted by Gasteiger charge is -2.25. The van der Waals surface area contributed by atoms with E-state index in [1.807, 2.05) is 13.8 Å². The van der Waals surface area contributed by atoms with E-state index in [1.165, 1.54) is 0 Å². The standard InChI is InChI=1S/C12H18F3N3O/c1-8(2)6-11(3,19)7-17-10-16-5-4-9(18-10)12(13,14)15/h4-5,8,19H,6-7H2,1-3H3,(H,16,17,18). The monoisotopic (exact) mass is 277 g/mol. The first-order chi connectivity index (χ1) is 8.60. The van der Waals surface area contributed by atoms with Crippen LogP contribution in [0.2, 0.25) is 0 Å². The Morgan fingerprint density at radius 1 is 1.37 bits per heavy atom. The zero-order valence-electron chi connectivity index (χ0n) is 11.1. The van der Waals surface area contributed by atoms with Gasteiger partial charge in [0, 0.05) is 12.7 Å². The lowest BCUT2D eigenvalue weighted by Crippen LogP contribution is -2.35. The summed E-state index contributed by atoms with van der Waals surface area (Å²) in [5, 5.41) is 12.7. The van der Waals surface area contributed by atoms with Crippen molar-refractivity contribution >= 4 is 5.95 Å². The van der Waals surface area contributed by atoms with Gasteiger partial charge in [-0.15, -0.1) is 0 Å². The van der Waals surface area contributed by atoms with Crippen molar-refractivity contribution in [2.75, 3.05) is 11.9 Å². The molecule has 0 fully saturated rings. The van der Waals surface area contributed by atoms with Gasteiger partial charge in [0.15, 0.2) is 0 Å². The van der Waals surface area contributed by atoms with Gasteiger partial charge in [-0.2, -0.15) is 13.2 Å². The average molecular weight is 277 g/mol. The quantitative estimate of drug-likeness (QED) is 0.868. The Bertz CT molecular complexity index is 419. The lowest BCUT2D eigenvalue weighted by atomic mass is 9.94. The van der Waals surface area contributed by atoms with Gasteiger partial charge in [0.25, 0.3) is 0 Å². The predicted octanol–water partition coefficient (Wildman–Crippen LogP) is 2.70. The van der Waals surface area contributed by atoms with E-state index in [0.717, 1.165) is 12.3 Å². The molecule has 0 aromatic carbocycles. The number of hydrogen-bond acceptors (Lipinski definition) is 4. The first-order valence-electron chi connectivity index (χ1n) is 5.97. The van der Waals surface area contributed by atoms with Crippen LogP contribution in [0.3, 0.4) is 0 Å². The highest BCUT2D eigenvalue weighted by Gasteiger charge is 2.33. The predicted molar refractivity (Wildman–Crippen MR) is 65.6 cm³/mol. The van der Waals surface area contributed by atoms with Gasteiger partial charge in [-0.1, -0.05) is 13.8 Å². The summed E-state index contributed by atoms with van der Waals surface area (Å²) in [7, 11) is 0. The number of rotatable bonds is 5. The van der Waals surface area contributed by atoms with Gasteiger partial charge in [-0.05, 0) is 25.3 Å².